The van der Waals surface area contributed by atoms with Crippen LogP contribution in [0.15, 0.2) is 24.3 Å². The van der Waals surface area contributed by atoms with E-state index in [2.05, 4.69) is 35.4 Å². The van der Waals surface area contributed by atoms with Gasteiger partial charge in [0.2, 0.25) is 0 Å². The third-order valence-electron chi connectivity index (χ3n) is 2.70. The molecule has 19 heavy (non-hydrogen) atoms. The van der Waals surface area contributed by atoms with Crippen LogP contribution in [-0.2, 0) is 13.0 Å². The molecule has 102 valence electrons. The molecule has 2 aromatic rings. The van der Waals surface area contributed by atoms with Crippen molar-refractivity contribution < 1.29 is 4.74 Å². The number of nitrogens with one attached hydrogen (secondary N) is 1. The normalized spacial score (nSPS) is 10.6. The van der Waals surface area contributed by atoms with Crippen LogP contribution in [0.3, 0.4) is 0 Å². The van der Waals surface area contributed by atoms with Gasteiger partial charge in [0.05, 0.1) is 0 Å². The molecular weight excluding hydrogens is 258 g/mol. The lowest BCUT2D eigenvalue weighted by molar-refractivity contribution is 0.467. The molecule has 0 aliphatic heterocycles. The predicted molar refractivity (Wildman–Crippen MR) is 77.8 cm³/mol. The minimum atomic E-state index is 0.606. The Morgan fingerprint density at radius 1 is 1.21 bits per heavy atom. The fourth-order valence-corrected chi connectivity index (χ4v) is 2.38. The Bertz CT molecular complexity index is 513. The third kappa shape index (κ3) is 4.01. The maximum atomic E-state index is 5.80. The number of para-hydroxylation sites is 1. The van der Waals surface area contributed by atoms with Gasteiger partial charge in [0.25, 0.3) is 5.19 Å². The largest absolute Gasteiger partial charge is 0.430 e. The number of benzene rings is 1. The molecule has 0 saturated heterocycles. The summed E-state index contributed by atoms with van der Waals surface area (Å²) in [7, 11) is 0. The number of ether oxygens (including phenoxy) is 1. The summed E-state index contributed by atoms with van der Waals surface area (Å²) in [5, 5.41) is 13.1. The highest BCUT2D eigenvalue weighted by Crippen LogP contribution is 2.27. The molecule has 0 saturated carbocycles. The van der Waals surface area contributed by atoms with Crippen LogP contribution in [0.4, 0.5) is 0 Å². The van der Waals surface area contributed by atoms with E-state index in [-0.39, 0.29) is 0 Å². The Labute approximate surface area is 117 Å². The molecule has 0 amide bonds. The minimum absolute atomic E-state index is 0.606. The van der Waals surface area contributed by atoms with E-state index in [1.165, 1.54) is 16.9 Å². The van der Waals surface area contributed by atoms with Crippen molar-refractivity contribution in [1.82, 2.24) is 15.5 Å². The summed E-state index contributed by atoms with van der Waals surface area (Å²) in [5.41, 5.74) is 1.18. The number of hydrogen-bond donors (Lipinski definition) is 1. The zero-order valence-corrected chi connectivity index (χ0v) is 12.2. The zero-order chi connectivity index (χ0) is 13.5. The second kappa shape index (κ2) is 7.21. The van der Waals surface area contributed by atoms with E-state index < -0.39 is 0 Å². The molecule has 5 heteroatoms. The first-order valence-corrected chi connectivity index (χ1v) is 7.44. The van der Waals surface area contributed by atoms with Crippen molar-refractivity contribution in [2.24, 2.45) is 0 Å². The van der Waals surface area contributed by atoms with Gasteiger partial charge in [0.1, 0.15) is 10.8 Å². The van der Waals surface area contributed by atoms with Crippen LogP contribution >= 0.6 is 11.3 Å². The smallest absolute Gasteiger partial charge is 0.299 e. The number of hydrogen-bond acceptors (Lipinski definition) is 5. The molecule has 0 bridgehead atoms. The van der Waals surface area contributed by atoms with Crippen molar-refractivity contribution in [2.75, 3.05) is 6.54 Å². The highest BCUT2D eigenvalue weighted by Gasteiger charge is 2.08. The molecule has 1 aromatic carbocycles. The zero-order valence-electron chi connectivity index (χ0n) is 11.3. The van der Waals surface area contributed by atoms with Gasteiger partial charge in [-0.2, -0.15) is 0 Å². The fraction of sp³-hybridized carbons (Fsp3) is 0.429. The minimum Gasteiger partial charge on any atom is -0.430 e. The molecule has 1 aromatic heterocycles. The average Bonchev–Trinajstić information content (AvgIpc) is 2.87. The van der Waals surface area contributed by atoms with E-state index in [0.717, 1.165) is 36.7 Å². The van der Waals surface area contributed by atoms with Gasteiger partial charge < -0.3 is 10.1 Å². The molecule has 0 aliphatic rings. The molecular formula is C14H19N3OS. The first-order chi connectivity index (χ1) is 9.33. The summed E-state index contributed by atoms with van der Waals surface area (Å²) in [5.74, 6) is 0.870. The van der Waals surface area contributed by atoms with Crippen LogP contribution in [0.5, 0.6) is 10.9 Å². The van der Waals surface area contributed by atoms with Crippen molar-refractivity contribution in [3.63, 3.8) is 0 Å². The van der Waals surface area contributed by atoms with Crippen molar-refractivity contribution in [2.45, 2.75) is 33.2 Å². The monoisotopic (exact) mass is 277 g/mol. The first-order valence-electron chi connectivity index (χ1n) is 6.62. The Morgan fingerprint density at radius 2 is 2.05 bits per heavy atom. The second-order valence-electron chi connectivity index (χ2n) is 4.20. The lowest BCUT2D eigenvalue weighted by atomic mass is 10.1. The molecule has 0 unspecified atom stereocenters. The van der Waals surface area contributed by atoms with Gasteiger partial charge in [-0.05, 0) is 31.0 Å². The molecule has 0 fully saturated rings. The molecule has 1 N–H and O–H groups in total. The van der Waals surface area contributed by atoms with E-state index in [1.54, 1.807) is 0 Å². The predicted octanol–water partition coefficient (Wildman–Crippen LogP) is 3.39. The van der Waals surface area contributed by atoms with E-state index in [0.29, 0.717) is 5.19 Å². The van der Waals surface area contributed by atoms with Crippen LogP contribution in [0.2, 0.25) is 0 Å². The van der Waals surface area contributed by atoms with Gasteiger partial charge in [0.15, 0.2) is 0 Å². The molecule has 4 nitrogen and oxygen atoms in total. The van der Waals surface area contributed by atoms with Crippen molar-refractivity contribution in [3.8, 4) is 10.9 Å². The van der Waals surface area contributed by atoms with Crippen LogP contribution in [0.1, 0.15) is 30.8 Å². The summed E-state index contributed by atoms with van der Waals surface area (Å²) in [6.07, 6.45) is 2.06. The highest BCUT2D eigenvalue weighted by atomic mass is 32.1. The fourth-order valence-electron chi connectivity index (χ4n) is 1.71. The molecule has 2 rings (SSSR count). The first kappa shape index (κ1) is 14.0. The van der Waals surface area contributed by atoms with E-state index >= 15 is 0 Å². The second-order valence-corrected chi connectivity index (χ2v) is 5.23. The van der Waals surface area contributed by atoms with Gasteiger partial charge in [-0.25, -0.2) is 0 Å². The Morgan fingerprint density at radius 3 is 2.84 bits per heavy atom. The number of rotatable bonds is 7. The average molecular weight is 277 g/mol. The molecule has 0 radical (unpaired) electrons. The third-order valence-corrected chi connectivity index (χ3v) is 3.50. The van der Waals surface area contributed by atoms with Gasteiger partial charge in [-0.15, -0.1) is 5.10 Å². The van der Waals surface area contributed by atoms with Gasteiger partial charge >= 0.3 is 0 Å². The number of nitrogens with zero attached hydrogens (tertiary/aromatic N) is 2. The SMILES string of the molecule is CCCNCc1nnc(Oc2ccccc2CC)s1. The lowest BCUT2D eigenvalue weighted by Crippen LogP contribution is -2.13. The molecule has 0 aliphatic carbocycles. The van der Waals surface area contributed by atoms with Gasteiger partial charge in [-0.1, -0.05) is 48.5 Å². The van der Waals surface area contributed by atoms with Crippen molar-refractivity contribution >= 4 is 11.3 Å². The molecule has 0 spiro atoms. The van der Waals surface area contributed by atoms with Gasteiger partial charge in [0, 0.05) is 6.54 Å². The van der Waals surface area contributed by atoms with Crippen molar-refractivity contribution in [1.29, 1.82) is 0 Å². The Kier molecular flexibility index (Phi) is 5.30. The Hall–Kier alpha value is -1.46. The topological polar surface area (TPSA) is 47.0 Å². The summed E-state index contributed by atoms with van der Waals surface area (Å²) in [6, 6.07) is 8.03. The molecule has 1 heterocycles. The summed E-state index contributed by atoms with van der Waals surface area (Å²) >= 11 is 1.49. The highest BCUT2D eigenvalue weighted by molar-refractivity contribution is 7.13. The molecule has 0 atom stereocenters. The maximum Gasteiger partial charge on any atom is 0.299 e. The van der Waals surface area contributed by atoms with Crippen LogP contribution in [0.25, 0.3) is 0 Å². The van der Waals surface area contributed by atoms with E-state index in [4.69, 9.17) is 4.74 Å². The Balaban J connectivity index is 1.99. The van der Waals surface area contributed by atoms with Crippen LogP contribution in [-0.4, -0.2) is 16.7 Å². The standard InChI is InChI=1S/C14H19N3OS/c1-3-9-15-10-13-16-17-14(19-13)18-12-8-6-5-7-11(12)4-2/h5-8,15H,3-4,9-10H2,1-2H3. The van der Waals surface area contributed by atoms with Crippen molar-refractivity contribution in [3.05, 3.63) is 34.8 Å². The maximum absolute atomic E-state index is 5.80. The summed E-state index contributed by atoms with van der Waals surface area (Å²) in [4.78, 5) is 0. The van der Waals surface area contributed by atoms with Crippen LogP contribution < -0.4 is 10.1 Å². The number of aryl methyl sites for hydroxylation is 1. The number of aromatic nitrogens is 2. The van der Waals surface area contributed by atoms with E-state index in [1.807, 2.05) is 18.2 Å². The van der Waals surface area contributed by atoms with Crippen LogP contribution in [0, 0.1) is 0 Å². The van der Waals surface area contributed by atoms with Gasteiger partial charge in [-0.3, -0.25) is 0 Å². The quantitative estimate of drug-likeness (QED) is 0.788. The van der Waals surface area contributed by atoms with E-state index in [9.17, 15) is 0 Å². The summed E-state index contributed by atoms with van der Waals surface area (Å²) in [6.45, 7) is 6.00. The summed E-state index contributed by atoms with van der Waals surface area (Å²) < 4.78 is 5.80. The lowest BCUT2D eigenvalue weighted by Gasteiger charge is -2.05.